The molecule has 0 bridgehead atoms. The lowest BCUT2D eigenvalue weighted by Gasteiger charge is -2.39. The van der Waals surface area contributed by atoms with Crippen molar-refractivity contribution in [2.24, 2.45) is 5.41 Å². The minimum absolute atomic E-state index is 0.0855. The van der Waals surface area contributed by atoms with Gasteiger partial charge in [0, 0.05) is 11.7 Å². The van der Waals surface area contributed by atoms with Gasteiger partial charge in [-0.15, -0.1) is 0 Å². The Morgan fingerprint density at radius 3 is 2.90 bits per heavy atom. The zero-order chi connectivity index (χ0) is 15.0. The molecule has 1 heterocycles. The molecule has 0 radical (unpaired) electrons. The number of hydrogen-bond donors (Lipinski definition) is 2. The molecule has 4 nitrogen and oxygen atoms in total. The molecular formula is C17H24N2O2. The molecule has 114 valence electrons. The van der Waals surface area contributed by atoms with Gasteiger partial charge in [0.15, 0.2) is 6.10 Å². The Morgan fingerprint density at radius 2 is 2.14 bits per heavy atom. The molecule has 1 aliphatic carbocycles. The van der Waals surface area contributed by atoms with Crippen molar-refractivity contribution >= 4 is 17.3 Å². The lowest BCUT2D eigenvalue weighted by atomic mass is 9.73. The summed E-state index contributed by atoms with van der Waals surface area (Å²) in [5.41, 5.74) is 2.12. The molecular weight excluding hydrogens is 264 g/mol. The zero-order valence-electron chi connectivity index (χ0n) is 13.0. The van der Waals surface area contributed by atoms with E-state index in [0.717, 1.165) is 17.1 Å². The van der Waals surface area contributed by atoms with E-state index in [9.17, 15) is 4.79 Å². The SMILES string of the molecule is CC1Oc2ccc(NC3CCCCC3(C)C)cc2NC1=O. The van der Waals surface area contributed by atoms with Gasteiger partial charge in [0.25, 0.3) is 5.91 Å². The van der Waals surface area contributed by atoms with Crippen LogP contribution in [0, 0.1) is 5.41 Å². The summed E-state index contributed by atoms with van der Waals surface area (Å²) in [6.45, 7) is 6.42. The van der Waals surface area contributed by atoms with Crippen LogP contribution in [0.15, 0.2) is 18.2 Å². The van der Waals surface area contributed by atoms with Crippen LogP contribution in [0.25, 0.3) is 0 Å². The van der Waals surface area contributed by atoms with Gasteiger partial charge in [-0.1, -0.05) is 26.7 Å². The van der Waals surface area contributed by atoms with Crippen molar-refractivity contribution in [1.29, 1.82) is 0 Å². The van der Waals surface area contributed by atoms with Crippen molar-refractivity contribution in [3.63, 3.8) is 0 Å². The van der Waals surface area contributed by atoms with Crippen molar-refractivity contribution in [1.82, 2.24) is 0 Å². The Balaban J connectivity index is 1.78. The van der Waals surface area contributed by atoms with Crippen molar-refractivity contribution in [2.75, 3.05) is 10.6 Å². The Kier molecular flexibility index (Phi) is 3.56. The maximum Gasteiger partial charge on any atom is 0.265 e. The average Bonchev–Trinajstić information content (AvgIpc) is 2.43. The first-order chi connectivity index (χ1) is 9.95. The van der Waals surface area contributed by atoms with Crippen molar-refractivity contribution < 1.29 is 9.53 Å². The minimum atomic E-state index is -0.423. The van der Waals surface area contributed by atoms with Gasteiger partial charge in [-0.2, -0.15) is 0 Å². The van der Waals surface area contributed by atoms with Crippen molar-refractivity contribution in [3.05, 3.63) is 18.2 Å². The van der Waals surface area contributed by atoms with Crippen LogP contribution in [-0.4, -0.2) is 18.1 Å². The number of benzene rings is 1. The number of carbonyl (C=O) groups excluding carboxylic acids is 1. The maximum absolute atomic E-state index is 11.7. The normalized spacial score (nSPS) is 27.3. The van der Waals surface area contributed by atoms with E-state index < -0.39 is 6.10 Å². The fraction of sp³-hybridized carbons (Fsp3) is 0.588. The largest absolute Gasteiger partial charge is 0.479 e. The highest BCUT2D eigenvalue weighted by molar-refractivity contribution is 5.98. The molecule has 2 unspecified atom stereocenters. The lowest BCUT2D eigenvalue weighted by molar-refractivity contribution is -0.122. The van der Waals surface area contributed by atoms with Gasteiger partial charge in [-0.05, 0) is 43.4 Å². The Morgan fingerprint density at radius 1 is 1.33 bits per heavy atom. The summed E-state index contributed by atoms with van der Waals surface area (Å²) in [4.78, 5) is 11.7. The van der Waals surface area contributed by atoms with Gasteiger partial charge >= 0.3 is 0 Å². The monoisotopic (exact) mass is 288 g/mol. The van der Waals surface area contributed by atoms with Crippen LogP contribution in [0.2, 0.25) is 0 Å². The number of hydrogen-bond acceptors (Lipinski definition) is 3. The van der Waals surface area contributed by atoms with Gasteiger partial charge in [0.05, 0.1) is 5.69 Å². The van der Waals surface area contributed by atoms with E-state index in [1.165, 1.54) is 25.7 Å². The molecule has 1 aliphatic heterocycles. The minimum Gasteiger partial charge on any atom is -0.479 e. The number of fused-ring (bicyclic) bond motifs is 1. The highest BCUT2D eigenvalue weighted by atomic mass is 16.5. The first-order valence-electron chi connectivity index (χ1n) is 7.84. The summed E-state index contributed by atoms with van der Waals surface area (Å²) >= 11 is 0. The Labute approximate surface area is 126 Å². The van der Waals surface area contributed by atoms with Gasteiger partial charge in [-0.3, -0.25) is 4.79 Å². The van der Waals surface area contributed by atoms with Crippen LogP contribution in [0.3, 0.4) is 0 Å². The second-order valence-corrected chi connectivity index (χ2v) is 6.89. The van der Waals surface area contributed by atoms with Gasteiger partial charge < -0.3 is 15.4 Å². The molecule has 4 heteroatoms. The number of amides is 1. The number of nitrogens with one attached hydrogen (secondary N) is 2. The third-order valence-electron chi connectivity index (χ3n) is 4.76. The van der Waals surface area contributed by atoms with E-state index in [2.05, 4.69) is 24.5 Å². The molecule has 1 aromatic rings. The smallest absolute Gasteiger partial charge is 0.265 e. The number of rotatable bonds is 2. The number of carbonyl (C=O) groups is 1. The Bertz CT molecular complexity index is 554. The summed E-state index contributed by atoms with van der Waals surface area (Å²) in [6, 6.07) is 6.42. The van der Waals surface area contributed by atoms with E-state index >= 15 is 0 Å². The molecule has 1 amide bonds. The quantitative estimate of drug-likeness (QED) is 0.870. The molecule has 21 heavy (non-hydrogen) atoms. The van der Waals surface area contributed by atoms with E-state index in [0.29, 0.717) is 11.5 Å². The molecule has 2 atom stereocenters. The van der Waals surface area contributed by atoms with Crippen molar-refractivity contribution in [2.45, 2.75) is 58.6 Å². The van der Waals surface area contributed by atoms with Gasteiger partial charge in [-0.25, -0.2) is 0 Å². The van der Waals surface area contributed by atoms with Crippen LogP contribution in [0.4, 0.5) is 11.4 Å². The second-order valence-electron chi connectivity index (χ2n) is 6.89. The number of ether oxygens (including phenoxy) is 1. The molecule has 0 spiro atoms. The number of anilines is 2. The Hall–Kier alpha value is -1.71. The third-order valence-corrected chi connectivity index (χ3v) is 4.76. The fourth-order valence-electron chi connectivity index (χ4n) is 3.26. The van der Waals surface area contributed by atoms with Crippen LogP contribution in [0.1, 0.15) is 46.5 Å². The third kappa shape index (κ3) is 2.85. The molecule has 0 aromatic heterocycles. The highest BCUT2D eigenvalue weighted by Gasteiger charge is 2.32. The van der Waals surface area contributed by atoms with Crippen LogP contribution in [0.5, 0.6) is 5.75 Å². The van der Waals surface area contributed by atoms with Crippen LogP contribution in [-0.2, 0) is 4.79 Å². The average molecular weight is 288 g/mol. The summed E-state index contributed by atoms with van der Waals surface area (Å²) in [5.74, 6) is 0.660. The first kappa shape index (κ1) is 14.2. The molecule has 3 rings (SSSR count). The highest BCUT2D eigenvalue weighted by Crippen LogP contribution is 2.38. The summed E-state index contributed by atoms with van der Waals surface area (Å²) < 4.78 is 5.59. The van der Waals surface area contributed by atoms with Crippen LogP contribution < -0.4 is 15.4 Å². The first-order valence-corrected chi connectivity index (χ1v) is 7.84. The molecule has 1 aromatic carbocycles. The molecule has 2 N–H and O–H groups in total. The summed E-state index contributed by atoms with van der Waals surface area (Å²) in [6.07, 6.45) is 4.63. The second kappa shape index (κ2) is 5.24. The van der Waals surface area contributed by atoms with E-state index in [1.807, 2.05) is 18.2 Å². The maximum atomic E-state index is 11.7. The van der Waals surface area contributed by atoms with E-state index in [1.54, 1.807) is 6.92 Å². The van der Waals surface area contributed by atoms with E-state index in [-0.39, 0.29) is 5.91 Å². The predicted octanol–water partition coefficient (Wildman–Crippen LogP) is 3.79. The van der Waals surface area contributed by atoms with Crippen LogP contribution >= 0.6 is 0 Å². The molecule has 0 saturated heterocycles. The zero-order valence-corrected chi connectivity index (χ0v) is 13.0. The van der Waals surface area contributed by atoms with E-state index in [4.69, 9.17) is 4.74 Å². The van der Waals surface area contributed by atoms with Gasteiger partial charge in [0.2, 0.25) is 0 Å². The molecule has 1 fully saturated rings. The lowest BCUT2D eigenvalue weighted by Crippen LogP contribution is -2.39. The summed E-state index contributed by atoms with van der Waals surface area (Å²) in [5, 5.41) is 6.54. The molecule has 1 saturated carbocycles. The standard InChI is InChI=1S/C17H24N2O2/c1-11-16(20)19-13-10-12(7-8-14(13)21-11)18-15-6-4-5-9-17(15,2)3/h7-8,10-11,15,18H,4-6,9H2,1-3H3,(H,19,20). The van der Waals surface area contributed by atoms with Gasteiger partial charge in [0.1, 0.15) is 5.75 Å². The molecule has 2 aliphatic rings. The predicted molar refractivity (Wildman–Crippen MR) is 84.8 cm³/mol. The summed E-state index contributed by atoms with van der Waals surface area (Å²) in [7, 11) is 0. The fourth-order valence-corrected chi connectivity index (χ4v) is 3.26. The van der Waals surface area contributed by atoms with Crippen molar-refractivity contribution in [3.8, 4) is 5.75 Å². The topological polar surface area (TPSA) is 50.4 Å².